The number of halogens is 3. The van der Waals surface area contributed by atoms with Gasteiger partial charge in [0.1, 0.15) is 10.3 Å². The SMILES string of the molecule is CC(c1ccccc1Cl)N(C)Cc1ccc(Cl)nc1Cl. The lowest BCUT2D eigenvalue weighted by Crippen LogP contribution is -2.22. The van der Waals surface area contributed by atoms with Crippen molar-refractivity contribution in [1.82, 2.24) is 9.88 Å². The van der Waals surface area contributed by atoms with Crippen molar-refractivity contribution < 1.29 is 0 Å². The zero-order chi connectivity index (χ0) is 14.7. The number of pyridine rings is 1. The van der Waals surface area contributed by atoms with Crippen LogP contribution in [0.2, 0.25) is 15.3 Å². The van der Waals surface area contributed by atoms with Crippen LogP contribution >= 0.6 is 34.8 Å². The quantitative estimate of drug-likeness (QED) is 0.714. The Morgan fingerprint density at radius 3 is 2.45 bits per heavy atom. The Kier molecular flexibility index (Phi) is 5.28. The molecular weight excluding hydrogens is 315 g/mol. The van der Waals surface area contributed by atoms with Crippen molar-refractivity contribution in [3.05, 3.63) is 62.9 Å². The summed E-state index contributed by atoms with van der Waals surface area (Å²) < 4.78 is 0. The average Bonchev–Trinajstić information content (AvgIpc) is 2.41. The van der Waals surface area contributed by atoms with Crippen LogP contribution in [0.3, 0.4) is 0 Å². The molecule has 0 spiro atoms. The molecule has 1 atom stereocenters. The summed E-state index contributed by atoms with van der Waals surface area (Å²) in [6.45, 7) is 2.79. The molecule has 20 heavy (non-hydrogen) atoms. The van der Waals surface area contributed by atoms with E-state index in [0.29, 0.717) is 16.9 Å². The normalized spacial score (nSPS) is 12.7. The Morgan fingerprint density at radius 1 is 1.10 bits per heavy atom. The molecule has 0 amide bonds. The van der Waals surface area contributed by atoms with Crippen LogP contribution in [0.15, 0.2) is 36.4 Å². The minimum Gasteiger partial charge on any atom is -0.295 e. The summed E-state index contributed by atoms with van der Waals surface area (Å²) in [4.78, 5) is 6.22. The molecule has 2 nitrogen and oxygen atoms in total. The standard InChI is InChI=1S/C15H15Cl3N2/c1-10(12-5-3-4-6-13(12)16)20(2)9-11-7-8-14(17)19-15(11)18/h3-8,10H,9H2,1-2H3. The van der Waals surface area contributed by atoms with E-state index in [0.717, 1.165) is 16.1 Å². The molecule has 0 N–H and O–H groups in total. The molecule has 5 heteroatoms. The smallest absolute Gasteiger partial charge is 0.135 e. The van der Waals surface area contributed by atoms with Gasteiger partial charge in [-0.05, 0) is 31.7 Å². The Hall–Kier alpha value is -0.800. The van der Waals surface area contributed by atoms with Crippen LogP contribution < -0.4 is 0 Å². The predicted octanol–water partition coefficient (Wildman–Crippen LogP) is 5.23. The molecule has 2 rings (SSSR count). The van der Waals surface area contributed by atoms with Gasteiger partial charge in [0, 0.05) is 23.2 Å². The fourth-order valence-corrected chi connectivity index (χ4v) is 2.71. The third-order valence-corrected chi connectivity index (χ3v) is 4.21. The molecule has 0 saturated carbocycles. The van der Waals surface area contributed by atoms with Crippen LogP contribution in [0.25, 0.3) is 0 Å². The van der Waals surface area contributed by atoms with E-state index in [2.05, 4.69) is 16.8 Å². The van der Waals surface area contributed by atoms with Gasteiger partial charge in [0.05, 0.1) is 0 Å². The summed E-state index contributed by atoms with van der Waals surface area (Å²) in [6.07, 6.45) is 0. The first-order valence-corrected chi connectivity index (χ1v) is 7.38. The van der Waals surface area contributed by atoms with Crippen molar-refractivity contribution >= 4 is 34.8 Å². The van der Waals surface area contributed by atoms with Gasteiger partial charge in [0.25, 0.3) is 0 Å². The number of nitrogens with zero attached hydrogens (tertiary/aromatic N) is 2. The molecule has 0 fully saturated rings. The molecule has 0 aliphatic carbocycles. The summed E-state index contributed by atoms with van der Waals surface area (Å²) >= 11 is 18.1. The van der Waals surface area contributed by atoms with Gasteiger partial charge in [-0.25, -0.2) is 4.98 Å². The van der Waals surface area contributed by atoms with Crippen molar-refractivity contribution in [2.24, 2.45) is 0 Å². The molecule has 106 valence electrons. The maximum absolute atomic E-state index is 6.24. The van der Waals surface area contributed by atoms with Gasteiger partial charge >= 0.3 is 0 Å². The first-order valence-electron chi connectivity index (χ1n) is 6.24. The number of hydrogen-bond donors (Lipinski definition) is 0. The summed E-state index contributed by atoms with van der Waals surface area (Å²) in [6, 6.07) is 11.7. The molecule has 1 heterocycles. The largest absolute Gasteiger partial charge is 0.295 e. The second kappa shape index (κ2) is 6.77. The average molecular weight is 330 g/mol. The van der Waals surface area contributed by atoms with Gasteiger partial charge in [-0.2, -0.15) is 0 Å². The molecule has 2 aromatic rings. The van der Waals surface area contributed by atoms with E-state index in [1.807, 2.05) is 37.4 Å². The van der Waals surface area contributed by atoms with Crippen LogP contribution in [0.1, 0.15) is 24.1 Å². The van der Waals surface area contributed by atoms with E-state index in [4.69, 9.17) is 34.8 Å². The van der Waals surface area contributed by atoms with Crippen LogP contribution in [0.5, 0.6) is 0 Å². The van der Waals surface area contributed by atoms with Crippen molar-refractivity contribution in [2.75, 3.05) is 7.05 Å². The van der Waals surface area contributed by atoms with E-state index in [1.165, 1.54) is 0 Å². The molecule has 0 aliphatic rings. The van der Waals surface area contributed by atoms with E-state index in [1.54, 1.807) is 6.07 Å². The van der Waals surface area contributed by atoms with E-state index in [9.17, 15) is 0 Å². The number of hydrogen-bond acceptors (Lipinski definition) is 2. The van der Waals surface area contributed by atoms with Crippen molar-refractivity contribution in [2.45, 2.75) is 19.5 Å². The van der Waals surface area contributed by atoms with Gasteiger partial charge in [0.15, 0.2) is 0 Å². The third kappa shape index (κ3) is 3.64. The van der Waals surface area contributed by atoms with Gasteiger partial charge in [-0.1, -0.05) is 59.1 Å². The Labute approximate surface area is 134 Å². The van der Waals surface area contributed by atoms with Crippen LogP contribution in [0, 0.1) is 0 Å². The number of rotatable bonds is 4. The zero-order valence-electron chi connectivity index (χ0n) is 11.3. The summed E-state index contributed by atoms with van der Waals surface area (Å²) in [7, 11) is 2.03. The summed E-state index contributed by atoms with van der Waals surface area (Å²) in [5, 5.41) is 1.61. The first-order chi connectivity index (χ1) is 9.49. The van der Waals surface area contributed by atoms with Gasteiger partial charge < -0.3 is 0 Å². The fraction of sp³-hybridized carbons (Fsp3) is 0.267. The van der Waals surface area contributed by atoms with E-state index < -0.39 is 0 Å². The van der Waals surface area contributed by atoms with E-state index in [-0.39, 0.29) is 6.04 Å². The zero-order valence-corrected chi connectivity index (χ0v) is 13.5. The highest BCUT2D eigenvalue weighted by Gasteiger charge is 2.16. The minimum absolute atomic E-state index is 0.176. The molecule has 0 bridgehead atoms. The number of aromatic nitrogens is 1. The highest BCUT2D eigenvalue weighted by atomic mass is 35.5. The maximum atomic E-state index is 6.24. The van der Waals surface area contributed by atoms with E-state index >= 15 is 0 Å². The van der Waals surface area contributed by atoms with Gasteiger partial charge in [0.2, 0.25) is 0 Å². The van der Waals surface area contributed by atoms with Crippen molar-refractivity contribution in [3.63, 3.8) is 0 Å². The molecule has 1 aromatic heterocycles. The maximum Gasteiger partial charge on any atom is 0.135 e. The van der Waals surface area contributed by atoms with Gasteiger partial charge in [-0.3, -0.25) is 4.90 Å². The molecule has 0 aliphatic heterocycles. The first kappa shape index (κ1) is 15.6. The number of benzene rings is 1. The summed E-state index contributed by atoms with van der Waals surface area (Å²) in [5.41, 5.74) is 2.03. The highest BCUT2D eigenvalue weighted by molar-refractivity contribution is 6.32. The van der Waals surface area contributed by atoms with Crippen LogP contribution in [-0.2, 0) is 6.54 Å². The van der Waals surface area contributed by atoms with Gasteiger partial charge in [-0.15, -0.1) is 0 Å². The monoisotopic (exact) mass is 328 g/mol. The Balaban J connectivity index is 2.15. The third-order valence-electron chi connectivity index (χ3n) is 3.33. The minimum atomic E-state index is 0.176. The predicted molar refractivity (Wildman–Crippen MR) is 85.6 cm³/mol. The topological polar surface area (TPSA) is 16.1 Å². The van der Waals surface area contributed by atoms with Crippen molar-refractivity contribution in [1.29, 1.82) is 0 Å². The Morgan fingerprint density at radius 2 is 1.80 bits per heavy atom. The molecule has 1 unspecified atom stereocenters. The lowest BCUT2D eigenvalue weighted by molar-refractivity contribution is 0.253. The van der Waals surface area contributed by atoms with Crippen LogP contribution in [-0.4, -0.2) is 16.9 Å². The van der Waals surface area contributed by atoms with Crippen LogP contribution in [0.4, 0.5) is 0 Å². The summed E-state index contributed by atoms with van der Waals surface area (Å²) in [5.74, 6) is 0. The lowest BCUT2D eigenvalue weighted by atomic mass is 10.1. The highest BCUT2D eigenvalue weighted by Crippen LogP contribution is 2.28. The molecule has 1 aromatic carbocycles. The molecular formula is C15H15Cl3N2. The fourth-order valence-electron chi connectivity index (χ4n) is 2.02. The van der Waals surface area contributed by atoms with Crippen molar-refractivity contribution in [3.8, 4) is 0 Å². The second-order valence-corrected chi connectivity index (χ2v) is 5.85. The second-order valence-electron chi connectivity index (χ2n) is 4.70. The molecule has 0 saturated heterocycles. The Bertz CT molecular complexity index is 601. The molecule has 0 radical (unpaired) electrons. The lowest BCUT2D eigenvalue weighted by Gasteiger charge is -2.26.